The molecule has 0 spiro atoms. The monoisotopic (exact) mass is 337 g/mol. The van der Waals surface area contributed by atoms with E-state index in [1.165, 1.54) is 32.1 Å². The average Bonchev–Trinajstić information content (AvgIpc) is 3.33. The third-order valence-corrected chi connectivity index (χ3v) is 5.87. The lowest BCUT2D eigenvalue weighted by molar-refractivity contribution is 0.245. The zero-order chi connectivity index (χ0) is 13.7. The smallest absolute Gasteiger partial charge is 0.126 e. The highest BCUT2D eigenvalue weighted by Crippen LogP contribution is 2.60. The van der Waals surface area contributed by atoms with Crippen LogP contribution in [0.25, 0.3) is 0 Å². The van der Waals surface area contributed by atoms with Crippen LogP contribution in [0.1, 0.15) is 37.7 Å². The summed E-state index contributed by atoms with van der Waals surface area (Å²) in [5.41, 5.74) is 1.19. The van der Waals surface area contributed by atoms with Crippen molar-refractivity contribution in [3.63, 3.8) is 0 Å². The fraction of sp³-hybridized carbons (Fsp3) is 0.647. The standard InChI is InChI=1S/C17H21BrFN/c18-14-1-4-16(19)13(6-14)9-17(10-20-15-2-3-15)7-11-5-12(11)8-17/h1,4,6,11-12,15,20H,2-3,5,7-10H2. The number of hydrogen-bond donors (Lipinski definition) is 1. The average molecular weight is 338 g/mol. The van der Waals surface area contributed by atoms with Crippen molar-refractivity contribution in [3.8, 4) is 0 Å². The molecule has 3 fully saturated rings. The van der Waals surface area contributed by atoms with Gasteiger partial charge in [0.1, 0.15) is 5.82 Å². The molecule has 4 rings (SSSR count). The maximum Gasteiger partial charge on any atom is 0.126 e. The number of hydrogen-bond acceptors (Lipinski definition) is 1. The van der Waals surface area contributed by atoms with Gasteiger partial charge in [0.05, 0.1) is 0 Å². The van der Waals surface area contributed by atoms with E-state index in [2.05, 4.69) is 21.2 Å². The lowest BCUT2D eigenvalue weighted by Crippen LogP contribution is -2.36. The molecule has 0 bridgehead atoms. The van der Waals surface area contributed by atoms with Gasteiger partial charge in [0, 0.05) is 17.1 Å². The van der Waals surface area contributed by atoms with E-state index >= 15 is 0 Å². The maximum atomic E-state index is 14.1. The predicted octanol–water partition coefficient (Wildman–Crippen LogP) is 4.30. The Morgan fingerprint density at radius 2 is 2.00 bits per heavy atom. The molecular formula is C17H21BrFN. The van der Waals surface area contributed by atoms with Crippen molar-refractivity contribution in [1.29, 1.82) is 0 Å². The Morgan fingerprint density at radius 3 is 2.70 bits per heavy atom. The quantitative estimate of drug-likeness (QED) is 0.844. The van der Waals surface area contributed by atoms with E-state index in [4.69, 9.17) is 0 Å². The first kappa shape index (κ1) is 13.3. The highest BCUT2D eigenvalue weighted by Gasteiger charge is 2.53. The summed E-state index contributed by atoms with van der Waals surface area (Å²) in [6.45, 7) is 1.08. The fourth-order valence-corrected chi connectivity index (χ4v) is 4.50. The Labute approximate surface area is 128 Å². The summed E-state index contributed by atoms with van der Waals surface area (Å²) < 4.78 is 15.1. The van der Waals surface area contributed by atoms with E-state index in [9.17, 15) is 4.39 Å². The number of rotatable bonds is 5. The first-order valence-electron chi connectivity index (χ1n) is 7.81. The molecular weight excluding hydrogens is 317 g/mol. The SMILES string of the molecule is Fc1ccc(Br)cc1CC1(CNC2CC2)CC2CC2C1. The second kappa shape index (κ2) is 4.81. The van der Waals surface area contributed by atoms with Gasteiger partial charge >= 0.3 is 0 Å². The van der Waals surface area contributed by atoms with E-state index < -0.39 is 0 Å². The van der Waals surface area contributed by atoms with Gasteiger partial charge in [-0.25, -0.2) is 4.39 Å². The molecule has 1 nitrogen and oxygen atoms in total. The van der Waals surface area contributed by atoms with Crippen LogP contribution in [0.5, 0.6) is 0 Å². The molecule has 3 aliphatic carbocycles. The van der Waals surface area contributed by atoms with Gasteiger partial charge in [0.25, 0.3) is 0 Å². The van der Waals surface area contributed by atoms with Crippen molar-refractivity contribution < 1.29 is 4.39 Å². The first-order chi connectivity index (χ1) is 9.63. The summed E-state index contributed by atoms with van der Waals surface area (Å²) in [7, 11) is 0. The maximum absolute atomic E-state index is 14.1. The van der Waals surface area contributed by atoms with E-state index in [0.717, 1.165) is 40.9 Å². The zero-order valence-electron chi connectivity index (χ0n) is 11.7. The lowest BCUT2D eigenvalue weighted by Gasteiger charge is -2.32. The van der Waals surface area contributed by atoms with Crippen LogP contribution in [0.3, 0.4) is 0 Å². The molecule has 0 radical (unpaired) electrons. The van der Waals surface area contributed by atoms with Crippen molar-refractivity contribution in [2.75, 3.05) is 6.54 Å². The molecule has 3 aliphatic rings. The Hall–Kier alpha value is -0.410. The van der Waals surface area contributed by atoms with Gasteiger partial charge in [-0.3, -0.25) is 0 Å². The van der Waals surface area contributed by atoms with E-state index in [-0.39, 0.29) is 5.82 Å². The lowest BCUT2D eigenvalue weighted by atomic mass is 9.77. The molecule has 1 N–H and O–H groups in total. The van der Waals surface area contributed by atoms with Crippen LogP contribution in [0.4, 0.5) is 4.39 Å². The minimum absolute atomic E-state index is 0.0421. The van der Waals surface area contributed by atoms with Gasteiger partial charge in [-0.15, -0.1) is 0 Å². The first-order valence-corrected chi connectivity index (χ1v) is 8.60. The molecule has 0 saturated heterocycles. The summed E-state index contributed by atoms with van der Waals surface area (Å²) in [4.78, 5) is 0. The van der Waals surface area contributed by atoms with Crippen molar-refractivity contribution in [3.05, 3.63) is 34.1 Å². The summed E-state index contributed by atoms with van der Waals surface area (Å²) >= 11 is 3.47. The summed E-state index contributed by atoms with van der Waals surface area (Å²) in [5, 5.41) is 3.70. The Bertz CT molecular complexity index is 516. The Balaban J connectivity index is 1.53. The van der Waals surface area contributed by atoms with Gasteiger partial charge in [0.15, 0.2) is 0 Å². The topological polar surface area (TPSA) is 12.0 Å². The molecule has 20 heavy (non-hydrogen) atoms. The zero-order valence-corrected chi connectivity index (χ0v) is 13.3. The summed E-state index contributed by atoms with van der Waals surface area (Å²) in [6, 6.07) is 6.10. The largest absolute Gasteiger partial charge is 0.313 e. The van der Waals surface area contributed by atoms with Crippen molar-refractivity contribution in [1.82, 2.24) is 5.32 Å². The van der Waals surface area contributed by atoms with E-state index in [0.29, 0.717) is 5.41 Å². The summed E-state index contributed by atoms with van der Waals surface area (Å²) in [5.74, 6) is 1.83. The number of halogens is 2. The minimum Gasteiger partial charge on any atom is -0.313 e. The third-order valence-electron chi connectivity index (χ3n) is 5.38. The van der Waals surface area contributed by atoms with Crippen LogP contribution in [0.2, 0.25) is 0 Å². The van der Waals surface area contributed by atoms with E-state index in [1.54, 1.807) is 12.1 Å². The van der Waals surface area contributed by atoms with Crippen LogP contribution in [-0.2, 0) is 6.42 Å². The van der Waals surface area contributed by atoms with Gasteiger partial charge in [-0.2, -0.15) is 0 Å². The Morgan fingerprint density at radius 1 is 1.25 bits per heavy atom. The molecule has 3 heteroatoms. The summed E-state index contributed by atoms with van der Waals surface area (Å²) in [6.07, 6.45) is 7.56. The van der Waals surface area contributed by atoms with Gasteiger partial charge in [-0.1, -0.05) is 15.9 Å². The molecule has 0 aromatic heterocycles. The van der Waals surface area contributed by atoms with Gasteiger partial charge in [-0.05, 0) is 79.5 Å². The van der Waals surface area contributed by atoms with Crippen molar-refractivity contribution in [2.45, 2.75) is 44.6 Å². The third kappa shape index (κ3) is 2.67. The second-order valence-electron chi connectivity index (χ2n) is 7.23. The van der Waals surface area contributed by atoms with Gasteiger partial charge < -0.3 is 5.32 Å². The van der Waals surface area contributed by atoms with Crippen LogP contribution >= 0.6 is 15.9 Å². The molecule has 2 unspecified atom stereocenters. The molecule has 2 atom stereocenters. The molecule has 3 saturated carbocycles. The fourth-order valence-electron chi connectivity index (χ4n) is 4.09. The van der Waals surface area contributed by atoms with Crippen LogP contribution in [-0.4, -0.2) is 12.6 Å². The highest BCUT2D eigenvalue weighted by atomic mass is 79.9. The van der Waals surface area contributed by atoms with Crippen LogP contribution in [0, 0.1) is 23.1 Å². The van der Waals surface area contributed by atoms with Crippen molar-refractivity contribution in [2.24, 2.45) is 17.3 Å². The number of benzene rings is 1. The van der Waals surface area contributed by atoms with Crippen LogP contribution in [0.15, 0.2) is 22.7 Å². The normalized spacial score (nSPS) is 35.1. The molecule has 0 heterocycles. The molecule has 1 aromatic rings. The van der Waals surface area contributed by atoms with Gasteiger partial charge in [0.2, 0.25) is 0 Å². The molecule has 108 valence electrons. The number of nitrogens with one attached hydrogen (secondary N) is 1. The molecule has 1 aromatic carbocycles. The Kier molecular flexibility index (Phi) is 3.19. The van der Waals surface area contributed by atoms with Crippen molar-refractivity contribution >= 4 is 15.9 Å². The molecule has 0 aliphatic heterocycles. The molecule has 0 amide bonds. The second-order valence-corrected chi connectivity index (χ2v) is 8.15. The highest BCUT2D eigenvalue weighted by molar-refractivity contribution is 9.10. The van der Waals surface area contributed by atoms with E-state index in [1.807, 2.05) is 6.07 Å². The number of fused-ring (bicyclic) bond motifs is 1. The minimum atomic E-state index is -0.0421. The predicted molar refractivity (Wildman–Crippen MR) is 82.1 cm³/mol. The van der Waals surface area contributed by atoms with Crippen LogP contribution < -0.4 is 5.32 Å².